The first-order chi connectivity index (χ1) is 9.74. The van der Waals surface area contributed by atoms with E-state index in [1.54, 1.807) is 18.6 Å². The number of carboxylic acid groups (broad SMARTS) is 1. The van der Waals surface area contributed by atoms with Crippen molar-refractivity contribution in [3.63, 3.8) is 0 Å². The summed E-state index contributed by atoms with van der Waals surface area (Å²) in [6, 6.07) is 1.76. The van der Waals surface area contributed by atoms with Gasteiger partial charge in [-0.3, -0.25) is 0 Å². The molecule has 0 spiro atoms. The molecule has 6 heteroatoms. The summed E-state index contributed by atoms with van der Waals surface area (Å²) >= 11 is 0. The Morgan fingerprint density at radius 1 is 1.45 bits per heavy atom. The van der Waals surface area contributed by atoms with Crippen LogP contribution in [-0.2, 0) is 19.4 Å². The Hall–Kier alpha value is -2.37. The minimum atomic E-state index is -0.933. The van der Waals surface area contributed by atoms with Gasteiger partial charge in [0.05, 0.1) is 6.33 Å². The molecule has 2 heterocycles. The van der Waals surface area contributed by atoms with Gasteiger partial charge in [-0.05, 0) is 30.9 Å². The van der Waals surface area contributed by atoms with Gasteiger partial charge < -0.3 is 15.0 Å². The van der Waals surface area contributed by atoms with Gasteiger partial charge in [-0.2, -0.15) is 0 Å². The first kappa shape index (κ1) is 12.7. The maximum absolute atomic E-state index is 11.3. The molecule has 6 nitrogen and oxygen atoms in total. The molecule has 3 rings (SSSR count). The monoisotopic (exact) mass is 272 g/mol. The topological polar surface area (TPSA) is 80.0 Å². The fourth-order valence-electron chi connectivity index (χ4n) is 2.49. The molecule has 0 saturated carbocycles. The lowest BCUT2D eigenvalue weighted by Crippen LogP contribution is -2.14. The third-order valence-corrected chi connectivity index (χ3v) is 3.50. The first-order valence-corrected chi connectivity index (χ1v) is 6.70. The van der Waals surface area contributed by atoms with Gasteiger partial charge in [-0.1, -0.05) is 0 Å². The van der Waals surface area contributed by atoms with Crippen molar-refractivity contribution >= 4 is 11.8 Å². The van der Waals surface area contributed by atoms with E-state index in [0.29, 0.717) is 12.4 Å². The van der Waals surface area contributed by atoms with Crippen molar-refractivity contribution in [2.24, 2.45) is 0 Å². The van der Waals surface area contributed by atoms with Gasteiger partial charge in [0.25, 0.3) is 0 Å². The summed E-state index contributed by atoms with van der Waals surface area (Å²) in [5.74, 6) is -0.462. The normalized spacial score (nSPS) is 13.2. The number of nitrogens with one attached hydrogen (secondary N) is 1. The van der Waals surface area contributed by atoms with Crippen LogP contribution in [0.2, 0.25) is 0 Å². The molecule has 0 aliphatic heterocycles. The second-order valence-corrected chi connectivity index (χ2v) is 4.88. The smallest absolute Gasteiger partial charge is 0.339 e. The molecule has 20 heavy (non-hydrogen) atoms. The number of anilines is 1. The lowest BCUT2D eigenvalue weighted by molar-refractivity contribution is 0.0697. The average Bonchev–Trinajstić information content (AvgIpc) is 3.07. The number of fused-ring (bicyclic) bond motifs is 1. The van der Waals surface area contributed by atoms with E-state index in [1.165, 1.54) is 0 Å². The van der Waals surface area contributed by atoms with Gasteiger partial charge in [-0.25, -0.2) is 14.8 Å². The highest BCUT2D eigenvalue weighted by molar-refractivity contribution is 5.93. The van der Waals surface area contributed by atoms with Gasteiger partial charge in [0, 0.05) is 31.2 Å². The van der Waals surface area contributed by atoms with Crippen LogP contribution in [0.3, 0.4) is 0 Å². The molecular formula is C14H16N4O2. The van der Waals surface area contributed by atoms with Crippen molar-refractivity contribution < 1.29 is 9.90 Å². The van der Waals surface area contributed by atoms with Crippen LogP contribution in [0, 0.1) is 0 Å². The van der Waals surface area contributed by atoms with E-state index < -0.39 is 5.97 Å². The van der Waals surface area contributed by atoms with E-state index >= 15 is 0 Å². The van der Waals surface area contributed by atoms with E-state index in [0.717, 1.165) is 37.1 Å². The summed E-state index contributed by atoms with van der Waals surface area (Å²) in [4.78, 5) is 19.8. The Bertz CT molecular complexity index is 622. The molecule has 0 aromatic carbocycles. The largest absolute Gasteiger partial charge is 0.478 e. The van der Waals surface area contributed by atoms with Crippen LogP contribution < -0.4 is 5.32 Å². The van der Waals surface area contributed by atoms with Crippen LogP contribution in [0.1, 0.15) is 28.0 Å². The first-order valence-electron chi connectivity index (χ1n) is 6.70. The number of hydrogen-bond acceptors (Lipinski definition) is 4. The third kappa shape index (κ3) is 2.49. The zero-order valence-electron chi connectivity index (χ0n) is 11.0. The molecule has 0 unspecified atom stereocenters. The minimum Gasteiger partial charge on any atom is -0.478 e. The highest BCUT2D eigenvalue weighted by Gasteiger charge is 2.19. The minimum absolute atomic E-state index is 0.260. The molecule has 104 valence electrons. The molecule has 2 aromatic rings. The molecule has 2 N–H and O–H groups in total. The Balaban J connectivity index is 1.75. The molecular weight excluding hydrogens is 256 g/mol. The van der Waals surface area contributed by atoms with Gasteiger partial charge in [0.2, 0.25) is 0 Å². The maximum atomic E-state index is 11.3. The number of aromatic nitrogens is 3. The van der Waals surface area contributed by atoms with Crippen LogP contribution in [0.5, 0.6) is 0 Å². The summed E-state index contributed by atoms with van der Waals surface area (Å²) < 4.78 is 1.93. The van der Waals surface area contributed by atoms with E-state index in [4.69, 9.17) is 0 Å². The van der Waals surface area contributed by atoms with E-state index in [9.17, 15) is 9.90 Å². The number of pyridine rings is 1. The summed E-state index contributed by atoms with van der Waals surface area (Å²) in [5.41, 5.74) is 2.36. The fraction of sp³-hybridized carbons (Fsp3) is 0.357. The van der Waals surface area contributed by atoms with Crippen LogP contribution in [-0.4, -0.2) is 32.2 Å². The molecule has 2 aromatic heterocycles. The second-order valence-electron chi connectivity index (χ2n) is 4.88. The van der Waals surface area contributed by atoms with Crippen molar-refractivity contribution in [3.8, 4) is 0 Å². The van der Waals surface area contributed by atoms with Crippen LogP contribution >= 0.6 is 0 Å². The molecule has 0 amide bonds. The Kier molecular flexibility index (Phi) is 3.37. The Morgan fingerprint density at radius 3 is 3.10 bits per heavy atom. The molecule has 0 fully saturated rings. The molecule has 0 saturated heterocycles. The molecule has 0 radical (unpaired) electrons. The third-order valence-electron chi connectivity index (χ3n) is 3.50. The van der Waals surface area contributed by atoms with Crippen molar-refractivity contribution in [3.05, 3.63) is 41.6 Å². The van der Waals surface area contributed by atoms with Gasteiger partial charge in [-0.15, -0.1) is 0 Å². The van der Waals surface area contributed by atoms with Gasteiger partial charge in [0.1, 0.15) is 11.4 Å². The second kappa shape index (κ2) is 5.32. The van der Waals surface area contributed by atoms with E-state index in [2.05, 4.69) is 15.3 Å². The molecule has 1 aliphatic rings. The number of aromatic carboxylic acids is 1. The average molecular weight is 272 g/mol. The summed E-state index contributed by atoms with van der Waals surface area (Å²) in [5, 5.41) is 12.4. The molecule has 0 atom stereocenters. The predicted molar refractivity (Wildman–Crippen MR) is 73.9 cm³/mol. The Labute approximate surface area is 116 Å². The number of carbonyl (C=O) groups is 1. The summed E-state index contributed by atoms with van der Waals surface area (Å²) in [6.45, 7) is 1.33. The van der Waals surface area contributed by atoms with Crippen molar-refractivity contribution in [2.45, 2.75) is 25.8 Å². The number of nitrogens with zero attached hydrogens (tertiary/aromatic N) is 3. The molecule has 1 aliphatic carbocycles. The van der Waals surface area contributed by atoms with Crippen molar-refractivity contribution in [1.82, 2.24) is 14.5 Å². The molecule has 0 bridgehead atoms. The predicted octanol–water partition coefficient (Wildman–Crippen LogP) is 1.58. The number of imidazole rings is 1. The number of carboxylic acids is 1. The van der Waals surface area contributed by atoms with E-state index in [1.807, 2.05) is 10.8 Å². The standard InChI is InChI=1S/C14H16N4O2/c19-14(20)11-8-10-2-1-3-12(10)17-13(11)16-5-7-18-6-4-15-9-18/h4,6,8-9H,1-3,5,7H2,(H,16,17)(H,19,20). The number of aryl methyl sites for hydroxylation is 2. The Morgan fingerprint density at radius 2 is 2.35 bits per heavy atom. The fourth-order valence-corrected chi connectivity index (χ4v) is 2.49. The summed E-state index contributed by atoms with van der Waals surface area (Å²) in [7, 11) is 0. The van der Waals surface area contributed by atoms with Crippen LogP contribution in [0.15, 0.2) is 24.8 Å². The summed E-state index contributed by atoms with van der Waals surface area (Å²) in [6.07, 6.45) is 8.24. The highest BCUT2D eigenvalue weighted by atomic mass is 16.4. The quantitative estimate of drug-likeness (QED) is 0.863. The zero-order chi connectivity index (χ0) is 13.9. The van der Waals surface area contributed by atoms with E-state index in [-0.39, 0.29) is 5.56 Å². The van der Waals surface area contributed by atoms with Crippen molar-refractivity contribution in [2.75, 3.05) is 11.9 Å². The number of rotatable bonds is 5. The lowest BCUT2D eigenvalue weighted by Gasteiger charge is -2.11. The zero-order valence-corrected chi connectivity index (χ0v) is 11.0. The van der Waals surface area contributed by atoms with Gasteiger partial charge >= 0.3 is 5.97 Å². The SMILES string of the molecule is O=C(O)c1cc2c(nc1NCCn1ccnc1)CCC2. The number of hydrogen-bond donors (Lipinski definition) is 2. The van der Waals surface area contributed by atoms with Crippen LogP contribution in [0.4, 0.5) is 5.82 Å². The van der Waals surface area contributed by atoms with Crippen LogP contribution in [0.25, 0.3) is 0 Å². The van der Waals surface area contributed by atoms with Gasteiger partial charge in [0.15, 0.2) is 0 Å². The van der Waals surface area contributed by atoms with Crippen molar-refractivity contribution in [1.29, 1.82) is 0 Å². The maximum Gasteiger partial charge on any atom is 0.339 e. The lowest BCUT2D eigenvalue weighted by atomic mass is 10.1. The highest BCUT2D eigenvalue weighted by Crippen LogP contribution is 2.25.